The monoisotopic (exact) mass is 1630 g/mol. The van der Waals surface area contributed by atoms with Gasteiger partial charge in [-0.05, 0) is 284 Å². The molecule has 2 aromatic heterocycles. The molecular weight excluding hydrogens is 1480 g/mol. The Kier molecular flexibility index (Phi) is 36.9. The van der Waals surface area contributed by atoms with Crippen LogP contribution in [0.25, 0.3) is 0 Å². The number of allylic oxidation sites excluding steroid dienone is 2. The first-order valence-corrected chi connectivity index (χ1v) is 48.8. The Morgan fingerprint density at radius 2 is 1.11 bits per heavy atom. The molecule has 2 N–H and O–H groups in total. The van der Waals surface area contributed by atoms with E-state index in [-0.39, 0.29) is 36.8 Å². The van der Waals surface area contributed by atoms with Gasteiger partial charge in [0.2, 0.25) is 14.5 Å². The van der Waals surface area contributed by atoms with Gasteiger partial charge in [0.25, 0.3) is 0 Å². The SMILES string of the molecule is CC(C)CCC[C@@H](C)[C@H]1CC[C@H]2[C@@H]3CC=C4C[C@@H](O)CC[C@]4(C)[C@H]3CC[C@]12C.CC(C)NC(C)C.CCOP(=O)(O[C@H]1CC[C@@]2(C)C(=CC[C@H]3[C@@H]4CC[C@H]([C@H](C)CCCC(C)C)[C@@]4(C)CC[C@@H]32)C1)OC(Cn1cncn1)(Cn1cncn1)c1ccc(F)cc1F.CCOP(Cl)Cl.CCOP(Cl)N(C(C)C)C(C)C. The minimum Gasteiger partial charge on any atom is -0.393 e. The summed E-state index contributed by atoms with van der Waals surface area (Å²) >= 11 is 16.5. The Balaban J connectivity index is 0.000000251. The number of aliphatic hydroxyl groups excluding tert-OH is 1. The largest absolute Gasteiger partial charge is 0.476 e. The normalized spacial score (nSPS) is 30.8. The van der Waals surface area contributed by atoms with Crippen molar-refractivity contribution in [3.63, 3.8) is 0 Å². The maximum absolute atomic E-state index is 15.8. The lowest BCUT2D eigenvalue weighted by Crippen LogP contribution is -2.51. The zero-order chi connectivity index (χ0) is 79.7. The number of fused-ring (bicyclic) bond motifs is 10. The van der Waals surface area contributed by atoms with Gasteiger partial charge in [-0.15, -0.1) is 0 Å². The maximum atomic E-state index is 15.8. The van der Waals surface area contributed by atoms with Gasteiger partial charge >= 0.3 is 7.82 Å². The molecule has 6 fully saturated rings. The molecule has 11 rings (SSSR count). The number of hydrogen-bond donors (Lipinski definition) is 2. The summed E-state index contributed by atoms with van der Waals surface area (Å²) in [5, 5.41) is 22.0. The molecule has 0 bridgehead atoms. The van der Waals surface area contributed by atoms with Gasteiger partial charge in [-0.3, -0.25) is 13.6 Å². The van der Waals surface area contributed by atoms with Crippen molar-refractivity contribution in [1.29, 1.82) is 0 Å². The molecule has 0 radical (unpaired) electrons. The summed E-state index contributed by atoms with van der Waals surface area (Å²) in [6, 6.07) is 5.35. The summed E-state index contributed by atoms with van der Waals surface area (Å²) < 4.78 is 79.1. The first-order chi connectivity index (χ1) is 50.9. The van der Waals surface area contributed by atoms with E-state index in [4.69, 9.17) is 51.8 Å². The summed E-state index contributed by atoms with van der Waals surface area (Å²) in [4.78, 5) is 8.10. The second-order valence-electron chi connectivity index (χ2n) is 36.5. The number of nitrogens with zero attached hydrogens (tertiary/aromatic N) is 7. The van der Waals surface area contributed by atoms with E-state index < -0.39 is 45.7 Å². The van der Waals surface area contributed by atoms with Crippen LogP contribution in [0.3, 0.4) is 0 Å². The van der Waals surface area contributed by atoms with Crippen LogP contribution in [0.1, 0.15) is 292 Å². The van der Waals surface area contributed by atoms with Gasteiger partial charge in [0.15, 0.2) is 0 Å². The topological polar surface area (TPSA) is 160 Å². The van der Waals surface area contributed by atoms with Crippen molar-refractivity contribution in [2.75, 3.05) is 19.8 Å². The van der Waals surface area contributed by atoms with Crippen LogP contribution < -0.4 is 5.32 Å². The Labute approximate surface area is 670 Å². The molecule has 108 heavy (non-hydrogen) atoms. The van der Waals surface area contributed by atoms with E-state index >= 15 is 4.39 Å². The van der Waals surface area contributed by atoms with Crippen LogP contribution >= 0.6 is 56.1 Å². The predicted molar refractivity (Wildman–Crippen MR) is 446 cm³/mol. The van der Waals surface area contributed by atoms with Crippen molar-refractivity contribution in [1.82, 2.24) is 39.5 Å². The van der Waals surface area contributed by atoms with Crippen LogP contribution in [-0.4, -0.2) is 95.5 Å². The van der Waals surface area contributed by atoms with Crippen molar-refractivity contribution < 1.29 is 41.1 Å². The van der Waals surface area contributed by atoms with E-state index in [2.05, 4.69) is 171 Å². The number of benzene rings is 1. The molecule has 618 valence electrons. The molecule has 0 aliphatic heterocycles. The van der Waals surface area contributed by atoms with Crippen molar-refractivity contribution >= 4 is 56.1 Å². The summed E-state index contributed by atoms with van der Waals surface area (Å²) in [6.07, 6.45) is 37.4. The first-order valence-electron chi connectivity index (χ1n) is 42.1. The smallest absolute Gasteiger partial charge is 0.393 e. The highest BCUT2D eigenvalue weighted by molar-refractivity contribution is 8.00. The lowest BCUT2D eigenvalue weighted by Gasteiger charge is -2.58. The molecule has 1 aromatic carbocycles. The minimum absolute atomic E-state index is 0.0281. The van der Waals surface area contributed by atoms with Crippen LogP contribution in [-0.2, 0) is 45.9 Å². The van der Waals surface area contributed by atoms with Crippen molar-refractivity contribution in [3.8, 4) is 0 Å². The van der Waals surface area contributed by atoms with Crippen LogP contribution in [0.5, 0.6) is 0 Å². The van der Waals surface area contributed by atoms with Gasteiger partial charge < -0.3 is 19.5 Å². The van der Waals surface area contributed by atoms with Gasteiger partial charge in [0.1, 0.15) is 42.5 Å². The van der Waals surface area contributed by atoms with Crippen molar-refractivity contribution in [2.45, 2.75) is 342 Å². The molecule has 23 heteroatoms. The molecule has 8 aliphatic carbocycles. The van der Waals surface area contributed by atoms with Crippen LogP contribution in [0.2, 0.25) is 0 Å². The van der Waals surface area contributed by atoms with Gasteiger partial charge in [-0.2, -0.15) is 10.2 Å². The third kappa shape index (κ3) is 24.3. The molecule has 0 amide bonds. The Bertz CT molecular complexity index is 3200. The zero-order valence-electron chi connectivity index (χ0n) is 70.4. The second kappa shape index (κ2) is 42.6. The van der Waals surface area contributed by atoms with Gasteiger partial charge in [0, 0.05) is 35.8 Å². The third-order valence-corrected chi connectivity index (χ3v) is 32.3. The number of halogens is 5. The van der Waals surface area contributed by atoms with E-state index in [1.165, 1.54) is 149 Å². The Morgan fingerprint density at radius 1 is 0.630 bits per heavy atom. The summed E-state index contributed by atoms with van der Waals surface area (Å²) in [6.45, 7) is 47.4. The zero-order valence-corrected chi connectivity index (χ0v) is 75.4. The summed E-state index contributed by atoms with van der Waals surface area (Å²) in [5.41, 5.74) is 2.63. The Hall–Kier alpha value is -1.52. The number of aliphatic hydroxyl groups is 1. The fourth-order valence-corrected chi connectivity index (χ4v) is 27.1. The molecule has 8 aliphatic rings. The van der Waals surface area contributed by atoms with E-state index in [0.29, 0.717) is 78.3 Å². The molecule has 2 heterocycles. The average molecular weight is 1630 g/mol. The van der Waals surface area contributed by atoms with Crippen LogP contribution in [0.4, 0.5) is 8.78 Å². The fraction of sp³-hybridized carbons (Fsp3) is 0.835. The van der Waals surface area contributed by atoms with Crippen molar-refractivity contribution in [2.24, 2.45) is 92.7 Å². The Morgan fingerprint density at radius 3 is 1.51 bits per heavy atom. The summed E-state index contributed by atoms with van der Waals surface area (Å²) in [5.74, 6) is 8.25. The molecule has 15 nitrogen and oxygen atoms in total. The second-order valence-corrected chi connectivity index (χ2v) is 43.1. The van der Waals surface area contributed by atoms with Crippen LogP contribution in [0.15, 0.2) is 66.8 Å². The standard InChI is InChI=1S/C42H61F2N6O4P.C27H46O.C8H19ClNOP.C6H15N.C2H5Cl2OP/c1-7-52-55(51,54-42(23-49-27-45-25-47-49,24-50-28-46-26-48-50)38-14-12-32(43)22-39(38)44)53-33-17-19-40(5)31(21-33)11-13-34-36-16-15-35(30(4)10-8-9-29(2)3)41(36,6)20-18-37(34)40;1-18(2)7-6-8-19(3)23-11-12-24-22-10-9-20-17-21(28)13-15-26(20,4)25(22)14-16-27(23,24)5;1-6-11-12(9)10(7(2)3)8(4)5;1-5(2)7-6(3)4;1-2-5-6(3)4/h11-12,14,22,25-30,33-37H,7-10,13,15-21,23-24H2,1-6H3;9,18-19,21-25,28H,6-8,10-17H2,1-5H3;7-8H,6H2,1-5H3;5-7H,1-4H3;2H2,1H3/t30-,33+,34+,35-,36+,37+,40+,41-,55?;19-,21+,22+,23-,24+,25+,26+,27-;;;/m11.../s1. The number of hydrogen-bond acceptors (Lipinski definition) is 13. The number of phosphoric acid groups is 1. The molecule has 18 atom stereocenters. The van der Waals surface area contributed by atoms with Gasteiger partial charge in [-0.25, -0.2) is 37.3 Å². The quantitative estimate of drug-likeness (QED) is 0.0480. The van der Waals surface area contributed by atoms with Gasteiger partial charge in [-0.1, -0.05) is 165 Å². The molecule has 2 unspecified atom stereocenters. The maximum Gasteiger partial charge on any atom is 0.476 e. The van der Waals surface area contributed by atoms with E-state index in [0.717, 1.165) is 97.0 Å². The molecule has 6 saturated carbocycles. The molecular formula is C85H146Cl3F2N8O7P3. The number of nitrogens with one attached hydrogen (secondary N) is 1. The lowest BCUT2D eigenvalue weighted by molar-refractivity contribution is -0.0638. The third-order valence-electron chi connectivity index (χ3n) is 26.9. The van der Waals surface area contributed by atoms with E-state index in [1.54, 1.807) is 12.5 Å². The van der Waals surface area contributed by atoms with E-state index in [1.807, 2.05) is 13.8 Å². The highest BCUT2D eigenvalue weighted by Gasteiger charge is 2.62. The predicted octanol–water partition coefficient (Wildman–Crippen LogP) is 25.4. The van der Waals surface area contributed by atoms with Gasteiger partial charge in [0.05, 0.1) is 45.1 Å². The molecule has 0 spiro atoms. The van der Waals surface area contributed by atoms with E-state index in [9.17, 15) is 14.1 Å². The highest BCUT2D eigenvalue weighted by atomic mass is 35.9. The van der Waals surface area contributed by atoms with Crippen molar-refractivity contribution in [3.05, 3.63) is 84.0 Å². The lowest BCUT2D eigenvalue weighted by atomic mass is 9.47. The first kappa shape index (κ1) is 93.6. The number of rotatable bonds is 30. The fourth-order valence-electron chi connectivity index (χ4n) is 22.3. The molecule has 3 aromatic rings. The van der Waals surface area contributed by atoms with Crippen LogP contribution in [0, 0.1) is 104 Å². The molecule has 0 saturated heterocycles. The highest BCUT2D eigenvalue weighted by Crippen LogP contribution is 2.70. The number of phosphoric ester groups is 1. The summed E-state index contributed by atoms with van der Waals surface area (Å²) in [7, 11) is -5.32. The number of aromatic nitrogens is 6. The minimum atomic E-state index is -4.41. The average Bonchev–Trinajstić information content (AvgIpc) is 1.42.